The van der Waals surface area contributed by atoms with Gasteiger partial charge in [0, 0.05) is 43.4 Å². The molecule has 0 saturated carbocycles. The van der Waals surface area contributed by atoms with Crippen LogP contribution in [-0.4, -0.2) is 152 Å². The van der Waals surface area contributed by atoms with Gasteiger partial charge in [-0.05, 0) is 56.4 Å². The summed E-state index contributed by atoms with van der Waals surface area (Å²) < 4.78 is 0. The van der Waals surface area contributed by atoms with Crippen molar-refractivity contribution >= 4 is 94.1 Å². The normalized spacial score (nSPS) is 12.9. The minimum Gasteiger partial charge on any atom is -0.481 e. The predicted molar refractivity (Wildman–Crippen MR) is 232 cm³/mol. The number of anilines is 2. The third-order valence-electron chi connectivity index (χ3n) is 9.68. The van der Waals surface area contributed by atoms with Gasteiger partial charge in [-0.2, -0.15) is 4.98 Å². The lowest BCUT2D eigenvalue weighted by Gasteiger charge is -2.19. The molecule has 0 aliphatic carbocycles. The third kappa shape index (κ3) is 18.6. The summed E-state index contributed by atoms with van der Waals surface area (Å²) in [6.07, 6.45) is -4.98. The number of H-pyrrole nitrogens is 1. The Balaban J connectivity index is 1.45. The Morgan fingerprint density at radius 1 is 0.529 bits per heavy atom. The standard InChI is InChI=1S/C40H47N11O19/c41-40-50-32-31(34(60)51-40)44-19(16-42-32)15-29(56)43-18-3-1-17(2-4-18)33(59)49-24(39(69)70)8-13-28(55)47-22(37(65)66)6-11-26(53)45-20(35(61)62)5-10-25(52)46-21(36(63)64)7-12-27(54)48-23(38(67)68)9-14-30(57)58/h1-4,16,20-24H,5-15H2,(H,43,56)(H,45,53)(H,46,52)(H,47,55)(H,48,54)(H,49,59)(H,57,58)(H,61,62)(H,63,64)(H,65,66)(H,67,68)(H,69,70)(H3,41,42,50,51,60)/t20-,21-,22-,23-,24-/m0/s1. The van der Waals surface area contributed by atoms with Gasteiger partial charge < -0.3 is 68.3 Å². The van der Waals surface area contributed by atoms with Gasteiger partial charge in [-0.3, -0.25) is 43.3 Å². The third-order valence-corrected chi connectivity index (χ3v) is 9.68. The summed E-state index contributed by atoms with van der Waals surface area (Å²) in [5.74, 6) is -14.9. The number of hydrogen-bond donors (Lipinski definition) is 14. The number of nitrogens with one attached hydrogen (secondary N) is 7. The number of fused-ring (bicyclic) bond motifs is 1. The minimum atomic E-state index is -1.75. The van der Waals surface area contributed by atoms with E-state index in [-0.39, 0.29) is 40.5 Å². The Morgan fingerprint density at radius 2 is 0.914 bits per heavy atom. The van der Waals surface area contributed by atoms with Crippen molar-refractivity contribution in [3.63, 3.8) is 0 Å². The molecule has 376 valence electrons. The van der Waals surface area contributed by atoms with Crippen molar-refractivity contribution in [3.05, 3.63) is 52.1 Å². The monoisotopic (exact) mass is 985 g/mol. The summed E-state index contributed by atoms with van der Waals surface area (Å²) in [5.41, 5.74) is 4.98. The number of amides is 6. The number of aliphatic carboxylic acids is 6. The van der Waals surface area contributed by atoms with Gasteiger partial charge >= 0.3 is 35.8 Å². The van der Waals surface area contributed by atoms with Crippen molar-refractivity contribution < 1.29 is 88.2 Å². The van der Waals surface area contributed by atoms with Gasteiger partial charge in [0.1, 0.15) is 30.2 Å². The fraction of sp³-hybridized carbons (Fsp3) is 0.400. The van der Waals surface area contributed by atoms with E-state index < -0.39 is 171 Å². The topological polar surface area (TPSA) is 496 Å². The first-order chi connectivity index (χ1) is 32.9. The zero-order valence-electron chi connectivity index (χ0n) is 36.5. The van der Waals surface area contributed by atoms with Gasteiger partial charge in [0.15, 0.2) is 11.2 Å². The summed E-state index contributed by atoms with van der Waals surface area (Å²) in [5, 5.41) is 69.4. The molecule has 0 aliphatic rings. The number of benzene rings is 1. The largest absolute Gasteiger partial charge is 0.481 e. The van der Waals surface area contributed by atoms with Crippen LogP contribution in [0.5, 0.6) is 0 Å². The lowest BCUT2D eigenvalue weighted by Crippen LogP contribution is -2.46. The van der Waals surface area contributed by atoms with Crippen LogP contribution in [0.25, 0.3) is 11.2 Å². The minimum absolute atomic E-state index is 0.0222. The number of nitrogens with zero attached hydrogens (tertiary/aromatic N) is 3. The fourth-order valence-corrected chi connectivity index (χ4v) is 6.09. The number of nitrogen functional groups attached to an aromatic ring is 1. The molecule has 30 nitrogen and oxygen atoms in total. The van der Waals surface area contributed by atoms with Crippen molar-refractivity contribution in [2.75, 3.05) is 11.1 Å². The van der Waals surface area contributed by atoms with E-state index in [2.05, 4.69) is 46.5 Å². The molecule has 0 aliphatic heterocycles. The lowest BCUT2D eigenvalue weighted by atomic mass is 10.1. The molecule has 3 rings (SSSR count). The second kappa shape index (κ2) is 26.3. The van der Waals surface area contributed by atoms with E-state index in [1.807, 2.05) is 5.32 Å². The molecule has 5 atom stereocenters. The Kier molecular flexibility index (Phi) is 20.7. The first-order valence-electron chi connectivity index (χ1n) is 20.7. The SMILES string of the molecule is Nc1nc2ncc(CC(=O)Nc3ccc(C(=O)N[C@@H](CCC(=O)N[C@@H](CCC(=O)N[C@@H](CCC(=O)N[C@@H](CCC(=O)N[C@@H](CCC(=O)O)C(=O)O)C(=O)O)C(=O)O)C(=O)O)C(=O)O)cc3)nc2c(=O)[nH]1. The van der Waals surface area contributed by atoms with E-state index in [0.29, 0.717) is 0 Å². The number of hydrogen-bond acceptors (Lipinski definition) is 17. The van der Waals surface area contributed by atoms with Gasteiger partial charge in [0.25, 0.3) is 11.5 Å². The van der Waals surface area contributed by atoms with Crippen LogP contribution in [0.15, 0.2) is 35.3 Å². The highest BCUT2D eigenvalue weighted by atomic mass is 16.4. The molecule has 0 spiro atoms. The smallest absolute Gasteiger partial charge is 0.326 e. The molecule has 0 radical (unpaired) electrons. The summed E-state index contributed by atoms with van der Waals surface area (Å²) in [7, 11) is 0. The molecule has 3 aromatic rings. The highest BCUT2D eigenvalue weighted by Crippen LogP contribution is 2.13. The average Bonchev–Trinajstić information content (AvgIpc) is 3.27. The lowest BCUT2D eigenvalue weighted by molar-refractivity contribution is -0.144. The Bertz CT molecular complexity index is 2570. The van der Waals surface area contributed by atoms with Crippen LogP contribution in [0.3, 0.4) is 0 Å². The van der Waals surface area contributed by atoms with Gasteiger partial charge in [0.2, 0.25) is 35.5 Å². The summed E-state index contributed by atoms with van der Waals surface area (Å²) in [4.78, 5) is 171. The molecule has 0 unspecified atom stereocenters. The van der Waals surface area contributed by atoms with Crippen molar-refractivity contribution in [2.24, 2.45) is 0 Å². The zero-order valence-corrected chi connectivity index (χ0v) is 36.5. The van der Waals surface area contributed by atoms with Gasteiger partial charge in [-0.25, -0.2) is 33.9 Å². The summed E-state index contributed by atoms with van der Waals surface area (Å²) in [6.45, 7) is 0. The number of rotatable bonds is 29. The van der Waals surface area contributed by atoms with Crippen LogP contribution < -0.4 is 43.2 Å². The first-order valence-corrected chi connectivity index (χ1v) is 20.7. The number of carboxylic acids is 6. The Hall–Kier alpha value is -9.12. The maximum Gasteiger partial charge on any atom is 0.326 e. The quantitative estimate of drug-likeness (QED) is 0.0328. The molecule has 2 aromatic heterocycles. The molecular formula is C40H47N11O19. The molecule has 6 amide bonds. The highest BCUT2D eigenvalue weighted by molar-refractivity contribution is 5.98. The molecule has 0 bridgehead atoms. The Morgan fingerprint density at radius 3 is 1.30 bits per heavy atom. The van der Waals surface area contributed by atoms with Crippen LogP contribution in [0, 0.1) is 0 Å². The average molecular weight is 986 g/mol. The summed E-state index contributed by atoms with van der Waals surface area (Å²) >= 11 is 0. The maximum absolute atomic E-state index is 12.9. The number of aromatic amines is 1. The van der Waals surface area contributed by atoms with Gasteiger partial charge in [-0.1, -0.05) is 0 Å². The van der Waals surface area contributed by atoms with E-state index in [1.54, 1.807) is 0 Å². The number of carbonyl (C=O) groups is 12. The second-order valence-corrected chi connectivity index (χ2v) is 15.1. The zero-order chi connectivity index (χ0) is 52.2. The van der Waals surface area contributed by atoms with E-state index in [0.717, 1.165) is 0 Å². The first kappa shape index (κ1) is 55.2. The molecule has 70 heavy (non-hydrogen) atoms. The predicted octanol–water partition coefficient (Wildman–Crippen LogP) is -3.08. The number of carboxylic acid groups (broad SMARTS) is 6. The molecule has 1 aromatic carbocycles. The van der Waals surface area contributed by atoms with Crippen LogP contribution in [0.4, 0.5) is 11.6 Å². The Labute approximate surface area is 392 Å². The molecule has 30 heteroatoms. The van der Waals surface area contributed by atoms with Gasteiger partial charge in [-0.15, -0.1) is 0 Å². The highest BCUT2D eigenvalue weighted by Gasteiger charge is 2.28. The van der Waals surface area contributed by atoms with Crippen LogP contribution in [0.1, 0.15) is 80.3 Å². The van der Waals surface area contributed by atoms with E-state index in [9.17, 15) is 87.9 Å². The van der Waals surface area contributed by atoms with Crippen molar-refractivity contribution in [1.82, 2.24) is 46.5 Å². The van der Waals surface area contributed by atoms with Crippen LogP contribution in [0.2, 0.25) is 0 Å². The molecular weight excluding hydrogens is 938 g/mol. The van der Waals surface area contributed by atoms with E-state index in [4.69, 9.17) is 10.8 Å². The van der Waals surface area contributed by atoms with Crippen LogP contribution in [-0.2, 0) is 59.2 Å². The second-order valence-electron chi connectivity index (χ2n) is 15.1. The molecule has 2 heterocycles. The number of nitrogens with two attached hydrogens (primary N) is 1. The van der Waals surface area contributed by atoms with Crippen molar-refractivity contribution in [3.8, 4) is 0 Å². The molecule has 15 N–H and O–H groups in total. The number of carbonyl (C=O) groups excluding carboxylic acids is 6. The van der Waals surface area contributed by atoms with E-state index in [1.165, 1.54) is 30.5 Å². The van der Waals surface area contributed by atoms with Crippen LogP contribution >= 0.6 is 0 Å². The van der Waals surface area contributed by atoms with Gasteiger partial charge in [0.05, 0.1) is 18.3 Å². The molecule has 0 saturated heterocycles. The van der Waals surface area contributed by atoms with Crippen molar-refractivity contribution in [2.45, 2.75) is 101 Å². The number of aromatic nitrogens is 4. The fourth-order valence-electron chi connectivity index (χ4n) is 6.09. The van der Waals surface area contributed by atoms with Crippen molar-refractivity contribution in [1.29, 1.82) is 0 Å². The molecule has 0 fully saturated rings. The maximum atomic E-state index is 12.9. The van der Waals surface area contributed by atoms with E-state index >= 15 is 0 Å². The summed E-state index contributed by atoms with van der Waals surface area (Å²) in [6, 6.07) is -3.23.